The molecule has 0 aliphatic rings. The minimum atomic E-state index is -2.65. The van der Waals surface area contributed by atoms with Gasteiger partial charge in [0, 0.05) is 0 Å². The number of rotatable bonds is 11. The molecule has 30 heavy (non-hydrogen) atoms. The summed E-state index contributed by atoms with van der Waals surface area (Å²) in [7, 11) is 0. The fourth-order valence-corrected chi connectivity index (χ4v) is 12.3. The molecule has 0 atom stereocenters. The van der Waals surface area contributed by atoms with Gasteiger partial charge in [-0.1, -0.05) is 0 Å². The summed E-state index contributed by atoms with van der Waals surface area (Å²) in [6.07, 6.45) is 11.9. The maximum atomic E-state index is 5.79. The molecule has 0 saturated carbocycles. The molecule has 0 aliphatic carbocycles. The monoisotopic (exact) mass is 548 g/mol. The zero-order chi connectivity index (χ0) is 21.1. The Morgan fingerprint density at radius 1 is 0.600 bits per heavy atom. The summed E-state index contributed by atoms with van der Waals surface area (Å²) in [6, 6.07) is 33.4. The van der Waals surface area contributed by atoms with Crippen LogP contribution in [0.5, 0.6) is 0 Å². The van der Waals surface area contributed by atoms with E-state index in [1.54, 1.807) is 0 Å². The molecule has 0 amide bonds. The average Bonchev–Trinajstić information content (AvgIpc) is 2.82. The molecule has 0 aromatic heterocycles. The Kier molecular flexibility index (Phi) is 8.98. The molecule has 0 unspecified atom stereocenters. The molecule has 158 valence electrons. The van der Waals surface area contributed by atoms with Crippen molar-refractivity contribution in [1.82, 2.24) is 0 Å². The molecular formula is C27H31ClIP. The van der Waals surface area contributed by atoms with Crippen LogP contribution in [0.15, 0.2) is 103 Å². The number of unbranched alkanes of at least 4 members (excludes halogenated alkanes) is 4. The van der Waals surface area contributed by atoms with E-state index in [4.69, 9.17) is 11.6 Å². The Bertz CT molecular complexity index is 810. The first-order valence-electron chi connectivity index (χ1n) is 10.8. The number of allylic oxidation sites excluding steroid dienone is 2. The van der Waals surface area contributed by atoms with Crippen LogP contribution in [0, 0.1) is 0 Å². The van der Waals surface area contributed by atoms with Crippen molar-refractivity contribution in [3.8, 4) is 0 Å². The van der Waals surface area contributed by atoms with Gasteiger partial charge >= 0.3 is 201 Å². The van der Waals surface area contributed by atoms with Crippen LogP contribution in [0.1, 0.15) is 32.1 Å². The summed E-state index contributed by atoms with van der Waals surface area (Å²) in [5.74, 6) is 0.782. The Morgan fingerprint density at radius 2 is 1.03 bits per heavy atom. The van der Waals surface area contributed by atoms with Crippen molar-refractivity contribution in [2.75, 3.05) is 12.0 Å². The number of alkyl halides is 1. The molecule has 3 aromatic rings. The van der Waals surface area contributed by atoms with Crippen molar-refractivity contribution >= 4 is 53.8 Å². The Morgan fingerprint density at radius 3 is 1.47 bits per heavy atom. The van der Waals surface area contributed by atoms with Gasteiger partial charge in [0.1, 0.15) is 0 Å². The molecule has 3 aromatic carbocycles. The number of halogens is 2. The summed E-state index contributed by atoms with van der Waals surface area (Å²) in [6.45, 7) is 0. The number of hydrogen-bond donors (Lipinski definition) is 0. The SMILES string of the molecule is ClCCCCCCC=CCP(I)(c1ccccc1)(c1ccccc1)c1ccccc1. The fourth-order valence-electron chi connectivity index (χ4n) is 4.08. The quantitative estimate of drug-likeness (QED) is 0.0760. The van der Waals surface area contributed by atoms with Crippen molar-refractivity contribution in [3.63, 3.8) is 0 Å². The molecule has 3 heteroatoms. The van der Waals surface area contributed by atoms with Gasteiger partial charge in [-0.2, -0.15) is 0 Å². The number of benzene rings is 3. The third-order valence-corrected chi connectivity index (χ3v) is 17.2. The van der Waals surface area contributed by atoms with Crippen molar-refractivity contribution in [2.45, 2.75) is 32.1 Å². The second-order valence-corrected chi connectivity index (χ2v) is 18.8. The van der Waals surface area contributed by atoms with Crippen LogP contribution >= 0.6 is 37.9 Å². The van der Waals surface area contributed by atoms with Gasteiger partial charge < -0.3 is 0 Å². The first-order valence-corrected chi connectivity index (χ1v) is 16.5. The van der Waals surface area contributed by atoms with Crippen LogP contribution in [0.25, 0.3) is 0 Å². The summed E-state index contributed by atoms with van der Waals surface area (Å²) < 4.78 is -2.65. The predicted octanol–water partition coefficient (Wildman–Crippen LogP) is 7.61. The normalized spacial score (nSPS) is 13.2. The van der Waals surface area contributed by atoms with E-state index in [0.717, 1.165) is 24.9 Å². The van der Waals surface area contributed by atoms with Crippen molar-refractivity contribution in [1.29, 1.82) is 0 Å². The van der Waals surface area contributed by atoms with Crippen molar-refractivity contribution in [2.24, 2.45) is 0 Å². The standard InChI is InChI=1S/C27H31ClIP/c28-23-15-4-2-1-3-5-16-24-30(29,25-17-9-6-10-18-25,26-19-11-7-12-20-26)27-21-13-8-14-22-27/h5-14,16-22H,1-4,15,23-24H2. The maximum absolute atomic E-state index is 5.79. The van der Waals surface area contributed by atoms with Gasteiger partial charge in [-0.15, -0.1) is 0 Å². The van der Waals surface area contributed by atoms with E-state index in [2.05, 4.69) is 125 Å². The molecule has 3 rings (SSSR count). The molecule has 0 fully saturated rings. The topological polar surface area (TPSA) is 0 Å². The van der Waals surface area contributed by atoms with E-state index >= 15 is 0 Å². The summed E-state index contributed by atoms with van der Waals surface area (Å²) in [5.41, 5.74) is 0. The summed E-state index contributed by atoms with van der Waals surface area (Å²) >= 11 is 8.64. The van der Waals surface area contributed by atoms with Gasteiger partial charge in [0.05, 0.1) is 0 Å². The molecule has 0 N–H and O–H groups in total. The molecule has 0 radical (unpaired) electrons. The Labute approximate surface area is 200 Å². The molecule has 0 aliphatic heterocycles. The second kappa shape index (κ2) is 11.5. The molecule has 0 bridgehead atoms. The van der Waals surface area contributed by atoms with Gasteiger partial charge in [0.2, 0.25) is 0 Å². The van der Waals surface area contributed by atoms with E-state index < -0.39 is 4.25 Å². The second-order valence-electron chi connectivity index (χ2n) is 7.74. The van der Waals surface area contributed by atoms with E-state index in [-0.39, 0.29) is 0 Å². The van der Waals surface area contributed by atoms with Crippen molar-refractivity contribution < 1.29 is 0 Å². The van der Waals surface area contributed by atoms with Gasteiger partial charge in [-0.25, -0.2) is 0 Å². The van der Waals surface area contributed by atoms with E-state index in [1.165, 1.54) is 35.2 Å². The summed E-state index contributed by atoms with van der Waals surface area (Å²) in [5, 5.41) is 4.31. The number of hydrogen-bond acceptors (Lipinski definition) is 0. The molecule has 0 heterocycles. The van der Waals surface area contributed by atoms with Crippen LogP contribution in [0.2, 0.25) is 0 Å². The van der Waals surface area contributed by atoms with Crippen LogP contribution in [0.3, 0.4) is 0 Å². The van der Waals surface area contributed by atoms with Crippen molar-refractivity contribution in [3.05, 3.63) is 103 Å². The average molecular weight is 549 g/mol. The van der Waals surface area contributed by atoms with E-state index in [0.29, 0.717) is 0 Å². The predicted molar refractivity (Wildman–Crippen MR) is 147 cm³/mol. The molecular weight excluding hydrogens is 518 g/mol. The first-order chi connectivity index (χ1) is 14.7. The third-order valence-electron chi connectivity index (χ3n) is 5.75. The third kappa shape index (κ3) is 5.18. The molecule has 0 nitrogen and oxygen atoms in total. The van der Waals surface area contributed by atoms with Crippen LogP contribution in [-0.2, 0) is 0 Å². The van der Waals surface area contributed by atoms with Gasteiger partial charge in [0.25, 0.3) is 0 Å². The van der Waals surface area contributed by atoms with Crippen LogP contribution in [-0.4, -0.2) is 12.0 Å². The molecule has 0 spiro atoms. The Balaban J connectivity index is 2.00. The van der Waals surface area contributed by atoms with E-state index in [1.807, 2.05) is 0 Å². The Hall–Kier alpha value is -1.15. The molecule has 0 saturated heterocycles. The van der Waals surface area contributed by atoms with Gasteiger partial charge in [-0.05, 0) is 0 Å². The van der Waals surface area contributed by atoms with E-state index in [9.17, 15) is 0 Å². The van der Waals surface area contributed by atoms with Crippen LogP contribution in [0.4, 0.5) is 0 Å². The minimum absolute atomic E-state index is 0.782. The van der Waals surface area contributed by atoms with Gasteiger partial charge in [0.15, 0.2) is 0 Å². The summed E-state index contributed by atoms with van der Waals surface area (Å²) in [4.78, 5) is 0. The zero-order valence-corrected chi connectivity index (χ0v) is 21.3. The van der Waals surface area contributed by atoms with Gasteiger partial charge in [-0.3, -0.25) is 0 Å². The fraction of sp³-hybridized carbons (Fsp3) is 0.259. The van der Waals surface area contributed by atoms with Crippen LogP contribution < -0.4 is 15.9 Å². The zero-order valence-electron chi connectivity index (χ0n) is 17.5. The first kappa shape index (κ1) is 23.5.